The number of aryl methyl sites for hydroxylation is 1. The zero-order valence-electron chi connectivity index (χ0n) is 19.9. The lowest BCUT2D eigenvalue weighted by atomic mass is 10.1. The molecule has 1 aliphatic heterocycles. The van der Waals surface area contributed by atoms with Crippen LogP contribution in [0.4, 0.5) is 10.8 Å². The average molecular weight is 482 g/mol. The molecule has 2 aromatic carbocycles. The Labute approximate surface area is 202 Å². The van der Waals surface area contributed by atoms with Crippen molar-refractivity contribution in [1.82, 2.24) is 4.98 Å². The first-order valence-electron chi connectivity index (χ1n) is 10.9. The van der Waals surface area contributed by atoms with Gasteiger partial charge in [0.15, 0.2) is 16.6 Å². The van der Waals surface area contributed by atoms with Crippen molar-refractivity contribution in [3.63, 3.8) is 0 Å². The van der Waals surface area contributed by atoms with E-state index in [0.29, 0.717) is 40.9 Å². The second-order valence-electron chi connectivity index (χ2n) is 7.78. The Morgan fingerprint density at radius 1 is 1.09 bits per heavy atom. The number of nitrogens with zero attached hydrogens (tertiary/aromatic N) is 2. The van der Waals surface area contributed by atoms with Crippen LogP contribution in [0.5, 0.6) is 17.2 Å². The molecule has 0 unspecified atom stereocenters. The normalized spacial score (nSPS) is 12.3. The van der Waals surface area contributed by atoms with E-state index in [0.717, 1.165) is 33.8 Å². The van der Waals surface area contributed by atoms with Crippen molar-refractivity contribution in [2.75, 3.05) is 38.1 Å². The molecule has 0 atom stereocenters. The summed E-state index contributed by atoms with van der Waals surface area (Å²) in [6, 6.07) is 9.25. The largest absolute Gasteiger partial charge is 0.493 e. The lowest BCUT2D eigenvalue weighted by Crippen LogP contribution is -2.27. The third-order valence-corrected chi connectivity index (χ3v) is 6.68. The minimum atomic E-state index is -0.331. The van der Waals surface area contributed by atoms with E-state index in [2.05, 4.69) is 16.4 Å². The number of fused-ring (bicyclic) bond motifs is 1. The van der Waals surface area contributed by atoms with Gasteiger partial charge < -0.3 is 19.1 Å². The summed E-state index contributed by atoms with van der Waals surface area (Å²) in [7, 11) is 4.52. The molecule has 1 aliphatic rings. The Morgan fingerprint density at radius 3 is 2.41 bits per heavy atom. The molecular weight excluding hydrogens is 454 g/mol. The van der Waals surface area contributed by atoms with E-state index in [-0.39, 0.29) is 11.8 Å². The molecule has 34 heavy (non-hydrogen) atoms. The van der Waals surface area contributed by atoms with Crippen LogP contribution in [0.25, 0.3) is 11.3 Å². The minimum absolute atomic E-state index is 0.133. The zero-order chi connectivity index (χ0) is 24.4. The smallest absolute Gasteiger partial charge is 0.257 e. The number of ether oxygens (including phenoxy) is 3. The topological polar surface area (TPSA) is 90.0 Å². The molecule has 1 N–H and O–H groups in total. The van der Waals surface area contributed by atoms with Gasteiger partial charge in [0.1, 0.15) is 0 Å². The molecule has 8 nitrogen and oxygen atoms in total. The molecule has 0 aliphatic carbocycles. The van der Waals surface area contributed by atoms with E-state index in [9.17, 15) is 9.59 Å². The van der Waals surface area contributed by atoms with Gasteiger partial charge in [-0.3, -0.25) is 14.9 Å². The summed E-state index contributed by atoms with van der Waals surface area (Å²) in [4.78, 5) is 32.6. The standard InChI is InChI=1S/C25H27N3O5S/c1-6-21(29)28-10-9-15-11-16(7-8-18(15)28)22-14(2)34-25(26-22)27-24(30)17-12-19(31-3)23(33-5)20(13-17)32-4/h7-8,11-13H,6,9-10H2,1-5H3,(H,26,27,30). The Bertz CT molecular complexity index is 1230. The number of thiazole rings is 1. The van der Waals surface area contributed by atoms with E-state index in [1.807, 2.05) is 30.9 Å². The van der Waals surface area contributed by atoms with Gasteiger partial charge in [-0.05, 0) is 43.2 Å². The lowest BCUT2D eigenvalue weighted by molar-refractivity contribution is -0.118. The fourth-order valence-corrected chi connectivity index (χ4v) is 4.93. The molecular formula is C25H27N3O5S. The van der Waals surface area contributed by atoms with Crippen LogP contribution in [0.1, 0.15) is 34.1 Å². The Balaban J connectivity index is 1.58. The third-order valence-electron chi connectivity index (χ3n) is 5.80. The van der Waals surface area contributed by atoms with Gasteiger partial charge in [-0.1, -0.05) is 13.0 Å². The number of nitrogens with one attached hydrogen (secondary N) is 1. The summed E-state index contributed by atoms with van der Waals surface area (Å²) in [6.45, 7) is 4.56. The highest BCUT2D eigenvalue weighted by Gasteiger charge is 2.25. The van der Waals surface area contributed by atoms with Crippen molar-refractivity contribution >= 4 is 34.0 Å². The molecule has 0 bridgehead atoms. The highest BCUT2D eigenvalue weighted by atomic mass is 32.1. The van der Waals surface area contributed by atoms with Crippen LogP contribution in [0, 0.1) is 6.92 Å². The van der Waals surface area contributed by atoms with E-state index in [1.54, 1.807) is 12.1 Å². The molecule has 0 fully saturated rings. The zero-order valence-corrected chi connectivity index (χ0v) is 20.7. The summed E-state index contributed by atoms with van der Waals surface area (Å²) in [5.74, 6) is 1.02. The number of methoxy groups -OCH3 is 3. The van der Waals surface area contributed by atoms with Gasteiger partial charge >= 0.3 is 0 Å². The van der Waals surface area contributed by atoms with E-state index < -0.39 is 0 Å². The first-order valence-corrected chi connectivity index (χ1v) is 11.7. The summed E-state index contributed by atoms with van der Waals surface area (Å²) in [6.07, 6.45) is 1.31. The molecule has 0 saturated heterocycles. The molecule has 0 saturated carbocycles. The molecule has 2 heterocycles. The molecule has 178 valence electrons. The number of carbonyl (C=O) groups excluding carboxylic acids is 2. The van der Waals surface area contributed by atoms with E-state index in [4.69, 9.17) is 14.2 Å². The summed E-state index contributed by atoms with van der Waals surface area (Å²) >= 11 is 1.41. The predicted molar refractivity (Wildman–Crippen MR) is 133 cm³/mol. The Kier molecular flexibility index (Phi) is 6.74. The highest BCUT2D eigenvalue weighted by Crippen LogP contribution is 2.39. The van der Waals surface area contributed by atoms with Crippen LogP contribution in [0.2, 0.25) is 0 Å². The maximum absolute atomic E-state index is 13.0. The van der Waals surface area contributed by atoms with Gasteiger partial charge in [-0.2, -0.15) is 0 Å². The third kappa shape index (κ3) is 4.31. The quantitative estimate of drug-likeness (QED) is 0.526. The van der Waals surface area contributed by atoms with Crippen molar-refractivity contribution in [3.8, 4) is 28.5 Å². The second-order valence-corrected chi connectivity index (χ2v) is 8.99. The van der Waals surface area contributed by atoms with Crippen LogP contribution in [-0.2, 0) is 11.2 Å². The van der Waals surface area contributed by atoms with Crippen molar-refractivity contribution < 1.29 is 23.8 Å². The fraction of sp³-hybridized carbons (Fsp3) is 0.320. The maximum Gasteiger partial charge on any atom is 0.257 e. The van der Waals surface area contributed by atoms with Gasteiger partial charge in [0, 0.05) is 34.7 Å². The van der Waals surface area contributed by atoms with Gasteiger partial charge in [-0.15, -0.1) is 11.3 Å². The molecule has 0 radical (unpaired) electrons. The number of benzene rings is 2. The number of amides is 2. The first-order chi connectivity index (χ1) is 16.4. The van der Waals surface area contributed by atoms with E-state index in [1.165, 1.54) is 32.7 Å². The van der Waals surface area contributed by atoms with Crippen LogP contribution in [0.15, 0.2) is 30.3 Å². The summed E-state index contributed by atoms with van der Waals surface area (Å²) < 4.78 is 16.0. The number of carbonyl (C=O) groups is 2. The SMILES string of the molecule is CCC(=O)N1CCc2cc(-c3nc(NC(=O)c4cc(OC)c(OC)c(OC)c4)sc3C)ccc21. The average Bonchev–Trinajstić information content (AvgIpc) is 3.44. The molecule has 3 aromatic rings. The Morgan fingerprint density at radius 2 is 1.79 bits per heavy atom. The second kappa shape index (κ2) is 9.72. The highest BCUT2D eigenvalue weighted by molar-refractivity contribution is 7.16. The van der Waals surface area contributed by atoms with Crippen molar-refractivity contribution in [1.29, 1.82) is 0 Å². The Hall–Kier alpha value is -3.59. The molecule has 9 heteroatoms. The maximum atomic E-state index is 13.0. The van der Waals surface area contributed by atoms with Gasteiger partial charge in [0.2, 0.25) is 11.7 Å². The van der Waals surface area contributed by atoms with Crippen molar-refractivity contribution in [3.05, 3.63) is 46.3 Å². The van der Waals surface area contributed by atoms with E-state index >= 15 is 0 Å². The number of hydrogen-bond acceptors (Lipinski definition) is 7. The molecule has 2 amide bonds. The number of hydrogen-bond donors (Lipinski definition) is 1. The fourth-order valence-electron chi connectivity index (χ4n) is 4.10. The van der Waals surface area contributed by atoms with Crippen molar-refractivity contribution in [2.45, 2.75) is 26.7 Å². The number of anilines is 2. The summed E-state index contributed by atoms with van der Waals surface area (Å²) in [5.41, 5.74) is 4.25. The van der Waals surface area contributed by atoms with Gasteiger partial charge in [-0.25, -0.2) is 4.98 Å². The van der Waals surface area contributed by atoms with Crippen molar-refractivity contribution in [2.24, 2.45) is 0 Å². The minimum Gasteiger partial charge on any atom is -0.493 e. The van der Waals surface area contributed by atoms with Gasteiger partial charge in [0.25, 0.3) is 5.91 Å². The monoisotopic (exact) mass is 481 g/mol. The van der Waals surface area contributed by atoms with Crippen LogP contribution in [-0.4, -0.2) is 44.7 Å². The first kappa shape index (κ1) is 23.6. The predicted octanol–water partition coefficient (Wildman–Crippen LogP) is 4.70. The van der Waals surface area contributed by atoms with Crippen LogP contribution >= 0.6 is 11.3 Å². The summed E-state index contributed by atoms with van der Waals surface area (Å²) in [5, 5.41) is 3.37. The number of rotatable bonds is 7. The van der Waals surface area contributed by atoms with Crippen LogP contribution in [0.3, 0.4) is 0 Å². The van der Waals surface area contributed by atoms with Crippen LogP contribution < -0.4 is 24.4 Å². The molecule has 1 aromatic heterocycles. The molecule has 4 rings (SSSR count). The number of aromatic nitrogens is 1. The lowest BCUT2D eigenvalue weighted by Gasteiger charge is -2.16. The van der Waals surface area contributed by atoms with Gasteiger partial charge in [0.05, 0.1) is 27.0 Å². The molecule has 0 spiro atoms.